The minimum atomic E-state index is -0.662. The van der Waals surface area contributed by atoms with Crippen molar-refractivity contribution in [2.24, 2.45) is 23.7 Å². The molecule has 2 unspecified atom stereocenters. The number of aryl methyl sites for hydroxylation is 1. The molecule has 2 aromatic carbocycles. The van der Waals surface area contributed by atoms with Crippen LogP contribution >= 0.6 is 11.6 Å². The lowest BCUT2D eigenvalue weighted by molar-refractivity contribution is -0.152. The molecule has 7 rings (SSSR count). The van der Waals surface area contributed by atoms with Crippen molar-refractivity contribution in [3.8, 4) is 22.8 Å². The molecule has 2 heterocycles. The maximum absolute atomic E-state index is 12.2. The number of carboxylic acids is 1. The van der Waals surface area contributed by atoms with Crippen molar-refractivity contribution in [1.29, 1.82) is 0 Å². The first-order valence-electron chi connectivity index (χ1n) is 12.3. The summed E-state index contributed by atoms with van der Waals surface area (Å²) >= 11 is 6.28. The van der Waals surface area contributed by atoms with Gasteiger partial charge in [0.25, 0.3) is 0 Å². The van der Waals surface area contributed by atoms with Crippen molar-refractivity contribution in [2.45, 2.75) is 39.0 Å². The summed E-state index contributed by atoms with van der Waals surface area (Å²) in [4.78, 5) is 22.1. The van der Waals surface area contributed by atoms with E-state index in [9.17, 15) is 9.90 Å². The molecule has 2 atom stereocenters. The second-order valence-electron chi connectivity index (χ2n) is 10.1. The Morgan fingerprint density at radius 3 is 2.51 bits per heavy atom. The highest BCUT2D eigenvalue weighted by Crippen LogP contribution is 2.50. The molecule has 2 N–H and O–H groups in total. The highest BCUT2D eigenvalue weighted by molar-refractivity contribution is 6.31. The maximum atomic E-state index is 12.2. The molecule has 7 heteroatoms. The van der Waals surface area contributed by atoms with E-state index in [1.54, 1.807) is 0 Å². The van der Waals surface area contributed by atoms with Crippen LogP contribution in [0.1, 0.15) is 36.9 Å². The number of nitrogens with zero attached hydrogens (tertiary/aromatic N) is 3. The van der Waals surface area contributed by atoms with Crippen LogP contribution in [0.15, 0.2) is 48.5 Å². The van der Waals surface area contributed by atoms with E-state index in [1.807, 2.05) is 24.3 Å². The third-order valence-corrected chi connectivity index (χ3v) is 8.22. The van der Waals surface area contributed by atoms with Gasteiger partial charge in [-0.25, -0.2) is 9.97 Å². The molecule has 0 spiro atoms. The van der Waals surface area contributed by atoms with Crippen LogP contribution in [0.2, 0.25) is 5.02 Å². The lowest BCUT2D eigenvalue weighted by atomic mass is 9.57. The van der Waals surface area contributed by atoms with Gasteiger partial charge in [-0.05, 0) is 81.0 Å². The third-order valence-electron chi connectivity index (χ3n) is 7.98. The van der Waals surface area contributed by atoms with E-state index in [4.69, 9.17) is 21.6 Å². The number of halogens is 1. The average Bonchev–Trinajstić information content (AvgIpc) is 3.28. The number of aromatic nitrogens is 4. The second kappa shape index (κ2) is 8.76. The Hall–Kier alpha value is -3.25. The number of hydrogen-bond donors (Lipinski definition) is 2. The van der Waals surface area contributed by atoms with Gasteiger partial charge in [-0.1, -0.05) is 41.4 Å². The molecular weight excluding hydrogens is 460 g/mol. The van der Waals surface area contributed by atoms with Gasteiger partial charge in [-0.15, -0.1) is 0 Å². The van der Waals surface area contributed by atoms with Gasteiger partial charge in [0.15, 0.2) is 5.82 Å². The lowest BCUT2D eigenvalue weighted by Gasteiger charge is -2.46. The van der Waals surface area contributed by atoms with Gasteiger partial charge in [0.1, 0.15) is 5.69 Å². The number of aromatic amines is 1. The Kier molecular flexibility index (Phi) is 5.56. The van der Waals surface area contributed by atoms with Crippen molar-refractivity contribution < 1.29 is 9.90 Å². The molecular formula is C28H27ClN4O2. The van der Waals surface area contributed by atoms with Crippen molar-refractivity contribution in [1.82, 2.24) is 20.2 Å². The van der Waals surface area contributed by atoms with Crippen molar-refractivity contribution in [2.75, 3.05) is 0 Å². The van der Waals surface area contributed by atoms with E-state index < -0.39 is 5.97 Å². The first-order chi connectivity index (χ1) is 17.0. The molecule has 3 aliphatic carbocycles. The molecule has 3 aliphatic rings. The lowest BCUT2D eigenvalue weighted by Crippen LogP contribution is -2.45. The fourth-order valence-corrected chi connectivity index (χ4v) is 6.40. The largest absolute Gasteiger partial charge is 0.481 e. The Bertz CT molecular complexity index is 1410. The SMILES string of the molecule is Cc1ccc(-c2cc(CC3C4CCC(CC4)C3C(=O)O)nc(-c3n[nH]c4ccc(Cl)cc34)n2)cc1. The molecule has 0 saturated heterocycles. The number of carbonyl (C=O) groups is 1. The minimum Gasteiger partial charge on any atom is -0.481 e. The summed E-state index contributed by atoms with van der Waals surface area (Å²) in [6.45, 7) is 2.06. The van der Waals surface area contributed by atoms with E-state index in [0.717, 1.165) is 53.5 Å². The van der Waals surface area contributed by atoms with Crippen molar-refractivity contribution in [3.05, 3.63) is 64.8 Å². The maximum Gasteiger partial charge on any atom is 0.307 e. The predicted octanol–water partition coefficient (Wildman–Crippen LogP) is 6.33. The fourth-order valence-electron chi connectivity index (χ4n) is 6.23. The third kappa shape index (κ3) is 4.10. The monoisotopic (exact) mass is 486 g/mol. The summed E-state index contributed by atoms with van der Waals surface area (Å²) in [5, 5.41) is 19.1. The minimum absolute atomic E-state index is 0.0963. The summed E-state index contributed by atoms with van der Waals surface area (Å²) in [6.07, 6.45) is 4.92. The molecule has 2 bridgehead atoms. The quantitative estimate of drug-likeness (QED) is 0.344. The first kappa shape index (κ1) is 22.2. The van der Waals surface area contributed by atoms with Crippen LogP contribution in [0.25, 0.3) is 33.7 Å². The van der Waals surface area contributed by atoms with Crippen LogP contribution in [0.5, 0.6) is 0 Å². The van der Waals surface area contributed by atoms with Crippen LogP contribution in [0.3, 0.4) is 0 Å². The standard InChI is InChI=1S/C28H27ClN4O2/c1-15-2-4-17(5-3-15)24-14-20(13-21-16-6-8-18(9-7-16)25(21)28(34)35)30-27(31-24)26-22-12-19(29)10-11-23(22)32-33-26/h2-5,10-12,14,16,18,21,25H,6-9,13H2,1H3,(H,32,33)(H,34,35). The Morgan fingerprint density at radius 2 is 1.77 bits per heavy atom. The second-order valence-corrected chi connectivity index (χ2v) is 10.5. The predicted molar refractivity (Wildman–Crippen MR) is 136 cm³/mol. The van der Waals surface area contributed by atoms with Crippen LogP contribution in [0, 0.1) is 30.6 Å². The van der Waals surface area contributed by atoms with E-state index in [-0.39, 0.29) is 17.8 Å². The fraction of sp³-hybridized carbons (Fsp3) is 0.357. The molecule has 3 fully saturated rings. The van der Waals surface area contributed by atoms with Gasteiger partial charge < -0.3 is 5.11 Å². The molecule has 0 radical (unpaired) electrons. The highest BCUT2D eigenvalue weighted by Gasteiger charge is 2.47. The van der Waals surface area contributed by atoms with E-state index in [0.29, 0.717) is 28.9 Å². The number of benzene rings is 2. The van der Waals surface area contributed by atoms with Crippen molar-refractivity contribution in [3.63, 3.8) is 0 Å². The Morgan fingerprint density at radius 1 is 1.03 bits per heavy atom. The molecule has 6 nitrogen and oxygen atoms in total. The number of fused-ring (bicyclic) bond motifs is 4. The zero-order chi connectivity index (χ0) is 24.1. The van der Waals surface area contributed by atoms with E-state index in [1.165, 1.54) is 5.56 Å². The van der Waals surface area contributed by atoms with Crippen LogP contribution in [-0.4, -0.2) is 31.2 Å². The summed E-state index contributed by atoms with van der Waals surface area (Å²) in [5.74, 6) is 0.378. The smallest absolute Gasteiger partial charge is 0.307 e. The molecule has 0 amide bonds. The zero-order valence-electron chi connectivity index (χ0n) is 19.5. The van der Waals surface area contributed by atoms with Gasteiger partial charge >= 0.3 is 5.97 Å². The van der Waals surface area contributed by atoms with Crippen LogP contribution in [-0.2, 0) is 11.2 Å². The average molecular weight is 487 g/mol. The molecule has 4 aromatic rings. The van der Waals surface area contributed by atoms with Gasteiger partial charge in [-0.3, -0.25) is 9.89 Å². The number of carboxylic acid groups (broad SMARTS) is 1. The molecule has 0 aliphatic heterocycles. The van der Waals surface area contributed by atoms with E-state index in [2.05, 4.69) is 41.4 Å². The molecule has 35 heavy (non-hydrogen) atoms. The summed E-state index contributed by atoms with van der Waals surface area (Å²) < 4.78 is 0. The molecule has 178 valence electrons. The number of rotatable bonds is 5. The molecule has 3 saturated carbocycles. The van der Waals surface area contributed by atoms with Crippen molar-refractivity contribution >= 4 is 28.5 Å². The number of hydrogen-bond acceptors (Lipinski definition) is 4. The number of H-pyrrole nitrogens is 1. The van der Waals surface area contributed by atoms with Crippen LogP contribution in [0.4, 0.5) is 0 Å². The normalized spacial score (nSPS) is 23.6. The summed E-state index contributed by atoms with van der Waals surface area (Å²) in [7, 11) is 0. The van der Waals surface area contributed by atoms with Crippen LogP contribution < -0.4 is 0 Å². The van der Waals surface area contributed by atoms with Gasteiger partial charge in [0, 0.05) is 21.7 Å². The van der Waals surface area contributed by atoms with Gasteiger partial charge in [-0.2, -0.15) is 5.10 Å². The Labute approximate surface area is 208 Å². The zero-order valence-corrected chi connectivity index (χ0v) is 20.3. The summed E-state index contributed by atoms with van der Waals surface area (Å²) in [5.41, 5.74) is 5.38. The summed E-state index contributed by atoms with van der Waals surface area (Å²) in [6, 6.07) is 15.9. The Balaban J connectivity index is 1.46. The van der Waals surface area contributed by atoms with Gasteiger partial charge in [0.05, 0.1) is 17.1 Å². The molecule has 2 aromatic heterocycles. The number of aliphatic carboxylic acids is 1. The van der Waals surface area contributed by atoms with Gasteiger partial charge in [0.2, 0.25) is 0 Å². The first-order valence-corrected chi connectivity index (χ1v) is 12.7. The highest BCUT2D eigenvalue weighted by atomic mass is 35.5. The number of nitrogens with one attached hydrogen (secondary N) is 1. The van der Waals surface area contributed by atoms with E-state index >= 15 is 0 Å². The topological polar surface area (TPSA) is 91.8 Å².